The first-order chi connectivity index (χ1) is 14.8. The molecule has 2 aliphatic rings. The van der Waals surface area contributed by atoms with Crippen LogP contribution in [0.3, 0.4) is 0 Å². The Labute approximate surface area is 216 Å². The number of hydrogen-bond acceptors (Lipinski definition) is 14. The standard InChI is InChI=1S/C14H24N5O10PS2.Na/c1-4-28-30(23,29-5-2)9(14(16)6-31-13(15)18-14)10(20)17-7-8(12(22)27-3)19(11(7)21)32(24,25)26;/h7-9H,4-6,16H2,1-3H3,(H2,15,18)(H,17,20)(H,24,25,26);/q;+1/p-1/t7-,8-,9?,14?;/m0./s1. The predicted molar refractivity (Wildman–Crippen MR) is 110 cm³/mol. The smallest absolute Gasteiger partial charge is 0.731 e. The summed E-state index contributed by atoms with van der Waals surface area (Å²) in [5.74, 6) is -3.95. The molecule has 182 valence electrons. The van der Waals surface area contributed by atoms with Gasteiger partial charge in [0.05, 0.1) is 20.3 Å². The number of nitrogens with zero attached hydrogens (tertiary/aromatic N) is 2. The molecule has 1 fully saturated rings. The normalized spacial score (nSPS) is 26.0. The number of esters is 1. The number of aliphatic imine (C=N–C) groups is 1. The number of thioether (sulfide) groups is 1. The Morgan fingerprint density at radius 2 is 1.94 bits per heavy atom. The van der Waals surface area contributed by atoms with Gasteiger partial charge >= 0.3 is 43.1 Å². The molecule has 0 aromatic rings. The van der Waals surface area contributed by atoms with Crippen molar-refractivity contribution in [3.63, 3.8) is 0 Å². The van der Waals surface area contributed by atoms with Crippen LogP contribution in [0, 0.1) is 0 Å². The maximum Gasteiger partial charge on any atom is 1.00 e. The van der Waals surface area contributed by atoms with Gasteiger partial charge in [0.15, 0.2) is 27.2 Å². The number of amides is 2. The molecule has 0 bridgehead atoms. The van der Waals surface area contributed by atoms with Crippen LogP contribution in [-0.4, -0.2) is 89.7 Å². The number of carbonyl (C=O) groups is 3. The van der Waals surface area contributed by atoms with E-state index in [1.807, 2.05) is 0 Å². The molecule has 2 amide bonds. The summed E-state index contributed by atoms with van der Waals surface area (Å²) in [5.41, 5.74) is 8.16. The second-order valence-corrected chi connectivity index (χ2v) is 10.9. The average molecular weight is 539 g/mol. The number of carbonyl (C=O) groups excluding carboxylic acids is 3. The minimum atomic E-state index is -5.38. The third-order valence-corrected chi connectivity index (χ3v) is 8.89. The maximum absolute atomic E-state index is 13.5. The number of β-lactam (4-membered cyclic amide) rings is 1. The number of rotatable bonds is 10. The van der Waals surface area contributed by atoms with Gasteiger partial charge < -0.3 is 35.1 Å². The molecule has 33 heavy (non-hydrogen) atoms. The van der Waals surface area contributed by atoms with Gasteiger partial charge in [-0.15, -0.1) is 0 Å². The maximum atomic E-state index is 13.5. The van der Waals surface area contributed by atoms with Crippen LogP contribution in [0.15, 0.2) is 4.99 Å². The molecule has 0 aromatic heterocycles. The number of ether oxygens (including phenoxy) is 1. The van der Waals surface area contributed by atoms with Crippen molar-refractivity contribution in [1.29, 1.82) is 0 Å². The van der Waals surface area contributed by atoms with Gasteiger partial charge in [-0.3, -0.25) is 14.2 Å². The zero-order valence-electron chi connectivity index (χ0n) is 18.2. The summed E-state index contributed by atoms with van der Waals surface area (Å²) in [6.45, 7) is 2.70. The molecule has 4 atom stereocenters. The van der Waals surface area contributed by atoms with Gasteiger partial charge in [0.25, 0.3) is 5.91 Å². The van der Waals surface area contributed by atoms with E-state index < -0.39 is 59.1 Å². The van der Waals surface area contributed by atoms with E-state index >= 15 is 0 Å². The first-order valence-corrected chi connectivity index (χ1v) is 13.0. The Morgan fingerprint density at radius 3 is 2.33 bits per heavy atom. The molecule has 2 heterocycles. The summed E-state index contributed by atoms with van der Waals surface area (Å²) in [6.07, 6.45) is 0. The second-order valence-electron chi connectivity index (χ2n) is 6.55. The number of nitrogens with one attached hydrogen (secondary N) is 1. The Bertz CT molecular complexity index is 971. The van der Waals surface area contributed by atoms with Crippen LogP contribution in [0.25, 0.3) is 0 Å². The molecule has 19 heteroatoms. The number of amidine groups is 1. The van der Waals surface area contributed by atoms with Gasteiger partial charge in [0.1, 0.15) is 11.7 Å². The van der Waals surface area contributed by atoms with Crippen LogP contribution < -0.4 is 46.3 Å². The molecule has 0 aliphatic carbocycles. The Balaban J connectivity index is 0.00000544. The summed E-state index contributed by atoms with van der Waals surface area (Å²) >= 11 is 0.975. The molecule has 0 radical (unpaired) electrons. The van der Waals surface area contributed by atoms with Crippen molar-refractivity contribution in [2.45, 2.75) is 37.3 Å². The van der Waals surface area contributed by atoms with Crippen LogP contribution in [0.2, 0.25) is 0 Å². The van der Waals surface area contributed by atoms with Crippen LogP contribution >= 0.6 is 19.4 Å². The Kier molecular flexibility index (Phi) is 10.4. The largest absolute Gasteiger partial charge is 1.00 e. The molecule has 0 saturated carbocycles. The van der Waals surface area contributed by atoms with Gasteiger partial charge in [-0.05, 0) is 13.8 Å². The second kappa shape index (κ2) is 11.3. The van der Waals surface area contributed by atoms with Gasteiger partial charge in [-0.25, -0.2) is 22.5 Å². The topological polar surface area (TPSA) is 233 Å². The third kappa shape index (κ3) is 6.09. The molecule has 2 unspecified atom stereocenters. The van der Waals surface area contributed by atoms with Crippen molar-refractivity contribution in [3.8, 4) is 0 Å². The quantitative estimate of drug-likeness (QED) is 0.0774. The fourth-order valence-electron chi connectivity index (χ4n) is 3.23. The summed E-state index contributed by atoms with van der Waals surface area (Å²) in [4.78, 5) is 41.4. The van der Waals surface area contributed by atoms with Crippen LogP contribution in [0.4, 0.5) is 0 Å². The molecular weight excluding hydrogens is 516 g/mol. The van der Waals surface area contributed by atoms with Crippen LogP contribution in [0.1, 0.15) is 13.8 Å². The van der Waals surface area contributed by atoms with E-state index in [1.54, 1.807) is 0 Å². The van der Waals surface area contributed by atoms with E-state index in [0.717, 1.165) is 18.9 Å². The summed E-state index contributed by atoms with van der Waals surface area (Å²) in [5, 5.41) is 2.11. The van der Waals surface area contributed by atoms with Crippen molar-refractivity contribution in [2.24, 2.45) is 16.5 Å². The predicted octanol–water partition coefficient (Wildman–Crippen LogP) is -5.33. The van der Waals surface area contributed by atoms with Gasteiger partial charge in [-0.2, -0.15) is 0 Å². The minimum Gasteiger partial charge on any atom is -0.731 e. The first-order valence-electron chi connectivity index (χ1n) is 9.08. The van der Waals surface area contributed by atoms with Crippen LogP contribution in [-0.2, 0) is 43.0 Å². The molecule has 2 rings (SSSR count). The Hall–Kier alpha value is -0.750. The fourth-order valence-corrected chi connectivity index (χ4v) is 7.17. The van der Waals surface area contributed by atoms with Crippen molar-refractivity contribution >= 4 is 52.6 Å². The molecule has 0 aromatic carbocycles. The van der Waals surface area contributed by atoms with Gasteiger partial charge in [-0.1, -0.05) is 11.8 Å². The minimum absolute atomic E-state index is 0. The summed E-state index contributed by atoms with van der Waals surface area (Å²) in [6, 6.07) is -3.77. The van der Waals surface area contributed by atoms with E-state index in [0.29, 0.717) is 0 Å². The molecular formula is C14H23N5NaO10PS2. The zero-order chi connectivity index (χ0) is 24.5. The number of hydrogen-bond donors (Lipinski definition) is 3. The molecule has 1 saturated heterocycles. The molecule has 5 N–H and O–H groups in total. The summed E-state index contributed by atoms with van der Waals surface area (Å²) in [7, 11) is -8.81. The van der Waals surface area contributed by atoms with Crippen molar-refractivity contribution < 1.29 is 75.3 Å². The molecule has 15 nitrogen and oxygen atoms in total. The van der Waals surface area contributed by atoms with E-state index in [1.165, 1.54) is 13.8 Å². The Morgan fingerprint density at radius 1 is 1.39 bits per heavy atom. The fraction of sp³-hybridized carbons (Fsp3) is 0.714. The monoisotopic (exact) mass is 539 g/mol. The van der Waals surface area contributed by atoms with E-state index in [-0.39, 0.29) is 58.0 Å². The SMILES string of the molecule is CCOP(=O)(OCC)C(C(=O)N[C@@H]1C(=O)N(S(=O)(=O)[O-])[C@@H]1C(=O)OC)C1(N)CSC(N)=N1.[Na+]. The number of nitrogens with two attached hydrogens (primary N) is 2. The van der Waals surface area contributed by atoms with E-state index in [4.69, 9.17) is 20.5 Å². The van der Waals surface area contributed by atoms with Crippen molar-refractivity contribution in [3.05, 3.63) is 0 Å². The van der Waals surface area contributed by atoms with Gasteiger partial charge in [0.2, 0.25) is 5.91 Å². The van der Waals surface area contributed by atoms with Crippen molar-refractivity contribution in [2.75, 3.05) is 26.1 Å². The molecule has 0 spiro atoms. The first kappa shape index (κ1) is 30.3. The van der Waals surface area contributed by atoms with E-state index in [9.17, 15) is 31.9 Å². The van der Waals surface area contributed by atoms with Crippen LogP contribution in [0.5, 0.6) is 0 Å². The summed E-state index contributed by atoms with van der Waals surface area (Å²) < 4.78 is 62.1. The average Bonchev–Trinajstić information content (AvgIpc) is 3.01. The van der Waals surface area contributed by atoms with Crippen molar-refractivity contribution in [1.82, 2.24) is 9.62 Å². The van der Waals surface area contributed by atoms with Gasteiger partial charge in [0, 0.05) is 5.75 Å². The zero-order valence-corrected chi connectivity index (χ0v) is 22.8. The third-order valence-electron chi connectivity index (χ3n) is 4.46. The number of methoxy groups -OCH3 is 1. The van der Waals surface area contributed by atoms with E-state index in [2.05, 4.69) is 15.0 Å². The molecule has 2 aliphatic heterocycles.